The van der Waals surface area contributed by atoms with E-state index >= 15 is 0 Å². The summed E-state index contributed by atoms with van der Waals surface area (Å²) in [4.78, 5) is 4.25. The molecule has 1 heterocycles. The lowest BCUT2D eigenvalue weighted by Crippen LogP contribution is -2.33. The van der Waals surface area contributed by atoms with Crippen molar-refractivity contribution in [2.75, 3.05) is 27.4 Å². The van der Waals surface area contributed by atoms with Crippen LogP contribution in [-0.2, 0) is 9.47 Å². The van der Waals surface area contributed by atoms with Gasteiger partial charge in [-0.2, -0.15) is 0 Å². The summed E-state index contributed by atoms with van der Waals surface area (Å²) >= 11 is 1.66. The van der Waals surface area contributed by atoms with Crippen molar-refractivity contribution in [3.05, 3.63) is 16.6 Å². The quantitative estimate of drug-likeness (QED) is 0.770. The van der Waals surface area contributed by atoms with Crippen molar-refractivity contribution in [1.82, 2.24) is 10.3 Å². The molecule has 0 aliphatic rings. The van der Waals surface area contributed by atoms with Crippen molar-refractivity contribution in [3.8, 4) is 0 Å². The first kappa shape index (κ1) is 12.6. The summed E-state index contributed by atoms with van der Waals surface area (Å²) < 4.78 is 10.3. The first-order valence-electron chi connectivity index (χ1n) is 4.92. The second-order valence-corrected chi connectivity index (χ2v) is 4.24. The third kappa shape index (κ3) is 4.25. The fourth-order valence-corrected chi connectivity index (χ4v) is 1.91. The van der Waals surface area contributed by atoms with Gasteiger partial charge in [-0.25, -0.2) is 4.98 Å². The molecular weight excluding hydrogens is 212 g/mol. The highest BCUT2D eigenvalue weighted by Crippen LogP contribution is 2.14. The Bertz CT molecular complexity index is 254. The predicted molar refractivity (Wildman–Crippen MR) is 61.2 cm³/mol. The molecule has 15 heavy (non-hydrogen) atoms. The number of rotatable bonds is 7. The lowest BCUT2D eigenvalue weighted by atomic mass is 10.3. The maximum absolute atomic E-state index is 5.25. The normalized spacial score (nSPS) is 15.1. The van der Waals surface area contributed by atoms with E-state index in [0.717, 1.165) is 11.6 Å². The Morgan fingerprint density at radius 2 is 2.33 bits per heavy atom. The van der Waals surface area contributed by atoms with Gasteiger partial charge in [-0.15, -0.1) is 11.3 Å². The molecule has 86 valence electrons. The van der Waals surface area contributed by atoms with Gasteiger partial charge in [0.1, 0.15) is 5.01 Å². The number of nitrogens with one attached hydrogen (secondary N) is 1. The molecule has 0 saturated carbocycles. The Hall–Kier alpha value is -0.490. The molecule has 5 heteroatoms. The summed E-state index contributed by atoms with van der Waals surface area (Å²) in [6.07, 6.45) is 1.92. The van der Waals surface area contributed by atoms with E-state index in [2.05, 4.69) is 17.2 Å². The van der Waals surface area contributed by atoms with Gasteiger partial charge in [-0.05, 0) is 6.92 Å². The first-order chi connectivity index (χ1) is 7.27. The fourth-order valence-electron chi connectivity index (χ4n) is 1.24. The van der Waals surface area contributed by atoms with Crippen LogP contribution in [0.2, 0.25) is 0 Å². The summed E-state index contributed by atoms with van der Waals surface area (Å²) in [5.41, 5.74) is 0. The minimum absolute atomic E-state index is 0.0948. The van der Waals surface area contributed by atoms with Crippen molar-refractivity contribution in [2.45, 2.75) is 19.1 Å². The van der Waals surface area contributed by atoms with Gasteiger partial charge in [0.15, 0.2) is 0 Å². The topological polar surface area (TPSA) is 43.4 Å². The van der Waals surface area contributed by atoms with Gasteiger partial charge in [0.2, 0.25) is 0 Å². The lowest BCUT2D eigenvalue weighted by Gasteiger charge is -2.17. The standard InChI is InChI=1S/C10H18N2O2S/c1-8(10-11-4-5-15-10)12-6-9(14-3)7-13-2/h4-5,8-9,12H,6-7H2,1-3H3. The first-order valence-corrected chi connectivity index (χ1v) is 5.80. The van der Waals surface area contributed by atoms with Crippen LogP contribution in [0.25, 0.3) is 0 Å². The summed E-state index contributed by atoms with van der Waals surface area (Å²) in [6, 6.07) is 0.263. The summed E-state index contributed by atoms with van der Waals surface area (Å²) in [5, 5.41) is 6.45. The highest BCUT2D eigenvalue weighted by molar-refractivity contribution is 7.09. The maximum Gasteiger partial charge on any atom is 0.109 e. The number of aromatic nitrogens is 1. The molecule has 0 saturated heterocycles. The highest BCUT2D eigenvalue weighted by atomic mass is 32.1. The molecule has 4 nitrogen and oxygen atoms in total. The minimum atomic E-state index is 0.0948. The average molecular weight is 230 g/mol. The molecule has 0 radical (unpaired) electrons. The van der Waals surface area contributed by atoms with Crippen LogP contribution in [0.3, 0.4) is 0 Å². The molecule has 1 rings (SSSR count). The molecule has 0 aliphatic carbocycles. The predicted octanol–water partition coefficient (Wildman–Crippen LogP) is 1.46. The molecule has 1 aromatic heterocycles. The summed E-state index contributed by atoms with van der Waals surface area (Å²) in [7, 11) is 3.37. The zero-order chi connectivity index (χ0) is 11.1. The van der Waals surface area contributed by atoms with Gasteiger partial charge < -0.3 is 14.8 Å². The Balaban J connectivity index is 2.29. The third-order valence-electron chi connectivity index (χ3n) is 2.16. The third-order valence-corrected chi connectivity index (χ3v) is 3.12. The van der Waals surface area contributed by atoms with Crippen LogP contribution in [0.5, 0.6) is 0 Å². The number of thiazole rings is 1. The zero-order valence-electron chi connectivity index (χ0n) is 9.40. The molecule has 0 amide bonds. The van der Waals surface area contributed by atoms with E-state index in [1.54, 1.807) is 25.6 Å². The Morgan fingerprint density at radius 1 is 1.53 bits per heavy atom. The molecule has 0 aromatic carbocycles. The molecule has 0 spiro atoms. The average Bonchev–Trinajstić information content (AvgIpc) is 2.77. The van der Waals surface area contributed by atoms with Crippen LogP contribution in [0.1, 0.15) is 18.0 Å². The van der Waals surface area contributed by atoms with Crippen molar-refractivity contribution < 1.29 is 9.47 Å². The van der Waals surface area contributed by atoms with Gasteiger partial charge in [0.05, 0.1) is 18.8 Å². The van der Waals surface area contributed by atoms with E-state index in [4.69, 9.17) is 9.47 Å². The van der Waals surface area contributed by atoms with Crippen molar-refractivity contribution in [2.24, 2.45) is 0 Å². The van der Waals surface area contributed by atoms with Crippen LogP contribution in [0, 0.1) is 0 Å². The number of nitrogens with zero attached hydrogens (tertiary/aromatic N) is 1. The molecule has 2 unspecified atom stereocenters. The van der Waals surface area contributed by atoms with Crippen LogP contribution >= 0.6 is 11.3 Å². The number of ether oxygens (including phenoxy) is 2. The van der Waals surface area contributed by atoms with Crippen molar-refractivity contribution in [3.63, 3.8) is 0 Å². The monoisotopic (exact) mass is 230 g/mol. The van der Waals surface area contributed by atoms with Crippen LogP contribution in [0.4, 0.5) is 0 Å². The summed E-state index contributed by atoms with van der Waals surface area (Å²) in [5.74, 6) is 0. The van der Waals surface area contributed by atoms with E-state index in [9.17, 15) is 0 Å². The van der Waals surface area contributed by atoms with Gasteiger partial charge in [0.25, 0.3) is 0 Å². The van der Waals surface area contributed by atoms with Crippen LogP contribution in [0.15, 0.2) is 11.6 Å². The Morgan fingerprint density at radius 3 is 2.87 bits per heavy atom. The van der Waals surface area contributed by atoms with Crippen LogP contribution in [-0.4, -0.2) is 38.5 Å². The molecule has 1 aromatic rings. The van der Waals surface area contributed by atoms with Gasteiger partial charge in [-0.3, -0.25) is 0 Å². The molecule has 0 aliphatic heterocycles. The summed E-state index contributed by atoms with van der Waals surface area (Å²) in [6.45, 7) is 3.47. The van der Waals surface area contributed by atoms with E-state index in [-0.39, 0.29) is 12.1 Å². The zero-order valence-corrected chi connectivity index (χ0v) is 10.2. The number of hydrogen-bond donors (Lipinski definition) is 1. The largest absolute Gasteiger partial charge is 0.382 e. The second kappa shape index (κ2) is 6.90. The van der Waals surface area contributed by atoms with Gasteiger partial charge in [-0.1, -0.05) is 0 Å². The number of methoxy groups -OCH3 is 2. The molecular formula is C10H18N2O2S. The molecule has 0 fully saturated rings. The Kier molecular flexibility index (Phi) is 5.78. The van der Waals surface area contributed by atoms with Gasteiger partial charge in [0, 0.05) is 32.3 Å². The van der Waals surface area contributed by atoms with Crippen molar-refractivity contribution in [1.29, 1.82) is 0 Å². The maximum atomic E-state index is 5.25. The second-order valence-electron chi connectivity index (χ2n) is 3.31. The Labute approximate surface area is 94.6 Å². The molecule has 2 atom stereocenters. The smallest absolute Gasteiger partial charge is 0.109 e. The van der Waals surface area contributed by atoms with E-state index < -0.39 is 0 Å². The van der Waals surface area contributed by atoms with Crippen molar-refractivity contribution >= 4 is 11.3 Å². The van der Waals surface area contributed by atoms with E-state index in [1.807, 2.05) is 11.6 Å². The highest BCUT2D eigenvalue weighted by Gasteiger charge is 2.11. The van der Waals surface area contributed by atoms with Crippen LogP contribution < -0.4 is 5.32 Å². The van der Waals surface area contributed by atoms with Gasteiger partial charge >= 0.3 is 0 Å². The van der Waals surface area contributed by atoms with E-state index in [1.165, 1.54) is 0 Å². The SMILES string of the molecule is COCC(CNC(C)c1nccs1)OC. The fraction of sp³-hybridized carbons (Fsp3) is 0.700. The lowest BCUT2D eigenvalue weighted by molar-refractivity contribution is 0.0276. The molecule has 1 N–H and O–H groups in total. The minimum Gasteiger partial charge on any atom is -0.382 e. The number of hydrogen-bond acceptors (Lipinski definition) is 5. The molecule has 0 bridgehead atoms. The van der Waals surface area contributed by atoms with E-state index in [0.29, 0.717) is 6.61 Å².